The topological polar surface area (TPSA) is 89.5 Å². The molecule has 29 heavy (non-hydrogen) atoms. The standard InChI is InChI=1S/C21H23N3O4S/c1-27-20-11-17-18(9-10-22-19(17)12-21(20)28-2)23-13-14-3-5-15(6-4-14)24-29(25,26)16-7-8-16/h3-6,9-12,16,24H,7-8,13H2,1-2H3,(H,22,23). The normalized spacial score (nSPS) is 13.9. The molecule has 8 heteroatoms. The number of rotatable bonds is 8. The van der Waals surface area contributed by atoms with Crippen molar-refractivity contribution in [2.45, 2.75) is 24.6 Å². The van der Waals surface area contributed by atoms with Gasteiger partial charge < -0.3 is 14.8 Å². The highest BCUT2D eigenvalue weighted by Crippen LogP contribution is 2.34. The number of pyridine rings is 1. The molecule has 0 bridgehead atoms. The third-order valence-electron chi connectivity index (χ3n) is 4.91. The van der Waals surface area contributed by atoms with Gasteiger partial charge in [0.25, 0.3) is 0 Å². The Balaban J connectivity index is 1.49. The van der Waals surface area contributed by atoms with E-state index in [9.17, 15) is 8.42 Å². The molecule has 1 aliphatic carbocycles. The van der Waals surface area contributed by atoms with Gasteiger partial charge in [0.15, 0.2) is 11.5 Å². The number of methoxy groups -OCH3 is 2. The number of fused-ring (bicyclic) bond motifs is 1. The minimum absolute atomic E-state index is 0.237. The quantitative estimate of drug-likeness (QED) is 0.584. The summed E-state index contributed by atoms with van der Waals surface area (Å²) >= 11 is 0. The highest BCUT2D eigenvalue weighted by Gasteiger charge is 2.35. The predicted octanol–water partition coefficient (Wildman–Crippen LogP) is 3.77. The van der Waals surface area contributed by atoms with Crippen LogP contribution >= 0.6 is 0 Å². The van der Waals surface area contributed by atoms with Gasteiger partial charge in [0.1, 0.15) is 0 Å². The lowest BCUT2D eigenvalue weighted by molar-refractivity contribution is 0.356. The molecule has 1 aromatic heterocycles. The molecule has 0 saturated heterocycles. The van der Waals surface area contributed by atoms with Crippen LogP contribution in [0.25, 0.3) is 10.9 Å². The molecule has 2 N–H and O–H groups in total. The zero-order valence-corrected chi connectivity index (χ0v) is 17.1. The maximum atomic E-state index is 12.0. The summed E-state index contributed by atoms with van der Waals surface area (Å²) in [5, 5.41) is 4.11. The molecule has 152 valence electrons. The molecule has 0 unspecified atom stereocenters. The number of hydrogen-bond donors (Lipinski definition) is 2. The summed E-state index contributed by atoms with van der Waals surface area (Å²) in [7, 11) is -0.0389. The molecule has 0 aliphatic heterocycles. The van der Waals surface area contributed by atoms with Gasteiger partial charge in [0.05, 0.1) is 25.0 Å². The highest BCUT2D eigenvalue weighted by atomic mass is 32.2. The van der Waals surface area contributed by atoms with Crippen LogP contribution in [0.4, 0.5) is 11.4 Å². The first-order valence-electron chi connectivity index (χ1n) is 9.35. The summed E-state index contributed by atoms with van der Waals surface area (Å²) in [5.41, 5.74) is 3.35. The van der Waals surface area contributed by atoms with Crippen molar-refractivity contribution < 1.29 is 17.9 Å². The van der Waals surface area contributed by atoms with Crippen LogP contribution in [0.5, 0.6) is 11.5 Å². The minimum Gasteiger partial charge on any atom is -0.493 e. The number of nitrogens with one attached hydrogen (secondary N) is 2. The highest BCUT2D eigenvalue weighted by molar-refractivity contribution is 7.93. The fourth-order valence-corrected chi connectivity index (χ4v) is 4.53. The molecule has 1 aliphatic rings. The van der Waals surface area contributed by atoms with Gasteiger partial charge in [-0.1, -0.05) is 12.1 Å². The lowest BCUT2D eigenvalue weighted by Gasteiger charge is -2.13. The molecule has 0 atom stereocenters. The Morgan fingerprint density at radius 1 is 1.03 bits per heavy atom. The Hall–Kier alpha value is -3.00. The molecule has 0 amide bonds. The largest absolute Gasteiger partial charge is 0.493 e. The summed E-state index contributed by atoms with van der Waals surface area (Å²) < 4.78 is 37.5. The lowest BCUT2D eigenvalue weighted by Crippen LogP contribution is -2.17. The molecule has 1 fully saturated rings. The second-order valence-electron chi connectivity index (χ2n) is 6.98. The van der Waals surface area contributed by atoms with E-state index in [2.05, 4.69) is 15.0 Å². The summed E-state index contributed by atoms with van der Waals surface area (Å²) in [6.07, 6.45) is 3.23. The number of anilines is 2. The summed E-state index contributed by atoms with van der Waals surface area (Å²) in [5.74, 6) is 1.28. The van der Waals surface area contributed by atoms with Crippen LogP contribution in [0.1, 0.15) is 18.4 Å². The van der Waals surface area contributed by atoms with Gasteiger partial charge in [-0.2, -0.15) is 0 Å². The minimum atomic E-state index is -3.24. The Morgan fingerprint density at radius 2 is 1.72 bits per heavy atom. The van der Waals surface area contributed by atoms with Crippen molar-refractivity contribution in [3.63, 3.8) is 0 Å². The summed E-state index contributed by atoms with van der Waals surface area (Å²) in [6, 6.07) is 13.0. The van der Waals surface area contributed by atoms with Crippen LogP contribution in [-0.2, 0) is 16.6 Å². The number of benzene rings is 2. The zero-order valence-electron chi connectivity index (χ0n) is 16.3. The Bertz CT molecular complexity index is 1130. The fourth-order valence-electron chi connectivity index (χ4n) is 3.14. The molecule has 7 nitrogen and oxygen atoms in total. The maximum Gasteiger partial charge on any atom is 0.235 e. The van der Waals surface area contributed by atoms with Gasteiger partial charge in [-0.15, -0.1) is 0 Å². The third-order valence-corrected chi connectivity index (χ3v) is 6.78. The molecule has 1 heterocycles. The molecule has 4 rings (SSSR count). The van der Waals surface area contributed by atoms with Crippen LogP contribution in [0.3, 0.4) is 0 Å². The third kappa shape index (κ3) is 4.22. The number of hydrogen-bond acceptors (Lipinski definition) is 6. The number of ether oxygens (including phenoxy) is 2. The Kier molecular flexibility index (Phi) is 5.19. The molecule has 0 spiro atoms. The fraction of sp³-hybridized carbons (Fsp3) is 0.286. The smallest absolute Gasteiger partial charge is 0.235 e. The van der Waals surface area contributed by atoms with Crippen molar-refractivity contribution >= 4 is 32.3 Å². The van der Waals surface area contributed by atoms with E-state index < -0.39 is 10.0 Å². The molecule has 3 aromatic rings. The van der Waals surface area contributed by atoms with Gasteiger partial charge in [0.2, 0.25) is 10.0 Å². The zero-order chi connectivity index (χ0) is 20.4. The van der Waals surface area contributed by atoms with Crippen molar-refractivity contribution in [3.05, 3.63) is 54.2 Å². The first-order chi connectivity index (χ1) is 14.0. The van der Waals surface area contributed by atoms with Crippen molar-refractivity contribution in [2.24, 2.45) is 0 Å². The SMILES string of the molecule is COc1cc2nccc(NCc3ccc(NS(=O)(=O)C4CC4)cc3)c2cc1OC. The van der Waals surface area contributed by atoms with E-state index in [0.29, 0.717) is 23.7 Å². The van der Waals surface area contributed by atoms with Gasteiger partial charge in [-0.3, -0.25) is 9.71 Å². The van der Waals surface area contributed by atoms with E-state index in [0.717, 1.165) is 35.0 Å². The van der Waals surface area contributed by atoms with Gasteiger partial charge in [-0.25, -0.2) is 8.42 Å². The molecular formula is C21H23N3O4S. The van der Waals surface area contributed by atoms with E-state index in [1.807, 2.05) is 30.3 Å². The number of aromatic nitrogens is 1. The van der Waals surface area contributed by atoms with Crippen LogP contribution in [0.2, 0.25) is 0 Å². The van der Waals surface area contributed by atoms with Gasteiger partial charge in [-0.05, 0) is 42.7 Å². The summed E-state index contributed by atoms with van der Waals surface area (Å²) in [6.45, 7) is 0.586. The van der Waals surface area contributed by atoms with Crippen LogP contribution in [-0.4, -0.2) is 32.9 Å². The van der Waals surface area contributed by atoms with Crippen molar-refractivity contribution in [1.82, 2.24) is 4.98 Å². The lowest BCUT2D eigenvalue weighted by atomic mass is 10.1. The van der Waals surface area contributed by atoms with Crippen molar-refractivity contribution in [1.29, 1.82) is 0 Å². The van der Waals surface area contributed by atoms with E-state index >= 15 is 0 Å². The van der Waals surface area contributed by atoms with Crippen LogP contribution in [0, 0.1) is 0 Å². The predicted molar refractivity (Wildman–Crippen MR) is 114 cm³/mol. The second kappa shape index (κ2) is 7.79. The van der Waals surface area contributed by atoms with E-state index in [1.165, 1.54) is 0 Å². The molecule has 2 aromatic carbocycles. The summed E-state index contributed by atoms with van der Waals surface area (Å²) in [4.78, 5) is 4.41. The maximum absolute atomic E-state index is 12.0. The van der Waals surface area contributed by atoms with Crippen LogP contribution < -0.4 is 19.5 Å². The monoisotopic (exact) mass is 413 g/mol. The number of nitrogens with zero attached hydrogens (tertiary/aromatic N) is 1. The Morgan fingerprint density at radius 3 is 2.38 bits per heavy atom. The first kappa shape index (κ1) is 19.3. The van der Waals surface area contributed by atoms with E-state index in [-0.39, 0.29) is 5.25 Å². The average Bonchev–Trinajstić information content (AvgIpc) is 3.58. The van der Waals surface area contributed by atoms with Gasteiger partial charge in [0, 0.05) is 35.6 Å². The van der Waals surface area contributed by atoms with E-state index in [1.54, 1.807) is 32.5 Å². The van der Waals surface area contributed by atoms with Crippen molar-refractivity contribution in [2.75, 3.05) is 24.3 Å². The second-order valence-corrected chi connectivity index (χ2v) is 8.94. The average molecular weight is 413 g/mol. The first-order valence-corrected chi connectivity index (χ1v) is 10.9. The molecule has 0 radical (unpaired) electrons. The Labute approximate surface area is 170 Å². The number of sulfonamides is 1. The molecule has 1 saturated carbocycles. The van der Waals surface area contributed by atoms with Crippen LogP contribution in [0.15, 0.2) is 48.7 Å². The molecular weight excluding hydrogens is 390 g/mol. The van der Waals surface area contributed by atoms with Gasteiger partial charge >= 0.3 is 0 Å². The van der Waals surface area contributed by atoms with Crippen molar-refractivity contribution in [3.8, 4) is 11.5 Å². The van der Waals surface area contributed by atoms with E-state index in [4.69, 9.17) is 9.47 Å².